The average molecular weight is 483 g/mol. The molecule has 0 atom stereocenters. The number of aliphatic hydroxyl groups excluding tert-OH is 2. The largest absolute Gasteiger partial charge is 0.478 e. The zero-order chi connectivity index (χ0) is 26.4. The summed E-state index contributed by atoms with van der Waals surface area (Å²) in [6.07, 6.45) is 1.67. The third-order valence-electron chi connectivity index (χ3n) is 4.60. The van der Waals surface area contributed by atoms with Gasteiger partial charge >= 0.3 is 11.9 Å². The Morgan fingerprint density at radius 2 is 1.15 bits per heavy atom. The molecule has 0 saturated heterocycles. The van der Waals surface area contributed by atoms with E-state index in [1.807, 2.05) is 27.7 Å². The number of hydrogen-bond donors (Lipinski definition) is 4. The summed E-state index contributed by atoms with van der Waals surface area (Å²) < 4.78 is 0. The van der Waals surface area contributed by atoms with Gasteiger partial charge in [0.2, 0.25) is 0 Å². The third kappa shape index (κ3) is 10.7. The van der Waals surface area contributed by atoms with E-state index in [4.69, 9.17) is 10.2 Å². The first-order valence-corrected chi connectivity index (χ1v) is 10.8. The molecule has 2 rings (SSSR count). The van der Waals surface area contributed by atoms with Crippen molar-refractivity contribution in [3.05, 3.63) is 25.3 Å². The molecule has 0 aromatic heterocycles. The van der Waals surface area contributed by atoms with Crippen molar-refractivity contribution in [1.82, 2.24) is 9.80 Å². The van der Waals surface area contributed by atoms with Crippen molar-refractivity contribution < 1.29 is 30.0 Å². The number of aliphatic imine (C=N–C) groups is 2. The van der Waals surface area contributed by atoms with Crippen LogP contribution >= 0.6 is 0 Å². The van der Waals surface area contributed by atoms with Crippen LogP contribution in [0.15, 0.2) is 45.5 Å². The number of carboxylic acids is 2. The molecule has 0 aromatic carbocycles. The summed E-state index contributed by atoms with van der Waals surface area (Å²) in [6.45, 7) is 18.3. The quantitative estimate of drug-likeness (QED) is 0.263. The predicted octanol–water partition coefficient (Wildman–Crippen LogP) is 0.923. The highest BCUT2D eigenvalue weighted by Crippen LogP contribution is 2.24. The van der Waals surface area contributed by atoms with E-state index < -0.39 is 23.0 Å². The summed E-state index contributed by atoms with van der Waals surface area (Å²) in [4.78, 5) is 31.7. The minimum Gasteiger partial charge on any atom is -0.478 e. The van der Waals surface area contributed by atoms with Gasteiger partial charge in [-0.1, -0.05) is 13.2 Å². The second kappa shape index (κ2) is 14.9. The van der Waals surface area contributed by atoms with Crippen LogP contribution in [0.5, 0.6) is 0 Å². The molecule has 0 spiro atoms. The summed E-state index contributed by atoms with van der Waals surface area (Å²) in [5.74, 6) is -0.219. The van der Waals surface area contributed by atoms with E-state index in [9.17, 15) is 19.8 Å². The van der Waals surface area contributed by atoms with Crippen LogP contribution in [0.3, 0.4) is 0 Å². The first kappa shape index (κ1) is 30.9. The minimum atomic E-state index is -0.981. The standard InChI is InChI=1S/C16H30N6O2.2C3H4O2/c1-15(2,13-17-5-7-21(13)9-11-23)19-20-16(3,4)14-18-6-8-22(14)10-12-24;2*1-2-3(4)5/h23-24H,5-12H2,1-4H3;2*2H,1H2,(H,4,5). The molecule has 12 nitrogen and oxygen atoms in total. The lowest BCUT2D eigenvalue weighted by atomic mass is 10.0. The number of carboxylic acid groups (broad SMARTS) is 2. The molecule has 192 valence electrons. The normalized spacial score (nSPS) is 15.6. The molecule has 0 radical (unpaired) electrons. The molecule has 0 fully saturated rings. The van der Waals surface area contributed by atoms with Gasteiger partial charge in [-0.2, -0.15) is 10.2 Å². The van der Waals surface area contributed by atoms with Gasteiger partial charge in [-0.15, -0.1) is 0 Å². The van der Waals surface area contributed by atoms with Crippen molar-refractivity contribution in [1.29, 1.82) is 0 Å². The van der Waals surface area contributed by atoms with Crippen LogP contribution in [0.1, 0.15) is 27.7 Å². The number of rotatable bonds is 10. The molecular formula is C22H38N6O6. The number of aliphatic carboxylic acids is 2. The number of hydrogen-bond acceptors (Lipinski definition) is 10. The molecule has 0 unspecified atom stereocenters. The van der Waals surface area contributed by atoms with Gasteiger partial charge < -0.3 is 30.2 Å². The van der Waals surface area contributed by atoms with E-state index in [-0.39, 0.29) is 13.2 Å². The minimum absolute atomic E-state index is 0.102. The highest BCUT2D eigenvalue weighted by Gasteiger charge is 2.36. The molecular weight excluding hydrogens is 444 g/mol. The zero-order valence-electron chi connectivity index (χ0n) is 20.5. The lowest BCUT2D eigenvalue weighted by Crippen LogP contribution is -2.45. The summed E-state index contributed by atoms with van der Waals surface area (Å²) in [7, 11) is 0. The smallest absolute Gasteiger partial charge is 0.327 e. The van der Waals surface area contributed by atoms with Crippen molar-refractivity contribution >= 4 is 23.6 Å². The van der Waals surface area contributed by atoms with Gasteiger partial charge in [-0.25, -0.2) is 9.59 Å². The summed E-state index contributed by atoms with van der Waals surface area (Å²) in [6, 6.07) is 0. The van der Waals surface area contributed by atoms with Crippen molar-refractivity contribution in [3.63, 3.8) is 0 Å². The SMILES string of the molecule is C=CC(=O)O.C=CC(=O)O.CC(C)(N=NC(C)(C)C1=NCCN1CCO)C1=NCCN1CCO. The maximum atomic E-state index is 9.25. The Kier molecular flexibility index (Phi) is 13.5. The van der Waals surface area contributed by atoms with Gasteiger partial charge in [0.05, 0.1) is 26.3 Å². The Labute approximate surface area is 200 Å². The second-order valence-electron chi connectivity index (χ2n) is 8.23. The van der Waals surface area contributed by atoms with Gasteiger partial charge in [-0.05, 0) is 27.7 Å². The number of β-amino-alcohol motifs (C(OH)–C–C–N with tert-alkyl or cyclic N) is 2. The van der Waals surface area contributed by atoms with E-state index in [0.29, 0.717) is 13.1 Å². The van der Waals surface area contributed by atoms with Crippen LogP contribution in [-0.2, 0) is 9.59 Å². The number of carbonyl (C=O) groups is 2. The second-order valence-corrected chi connectivity index (χ2v) is 8.23. The van der Waals surface area contributed by atoms with E-state index in [1.54, 1.807) is 0 Å². The Bertz CT molecular complexity index is 727. The average Bonchev–Trinajstić information content (AvgIpc) is 3.44. The molecule has 4 N–H and O–H groups in total. The van der Waals surface area contributed by atoms with E-state index in [0.717, 1.165) is 50.0 Å². The third-order valence-corrected chi connectivity index (χ3v) is 4.60. The fourth-order valence-electron chi connectivity index (χ4n) is 3.14. The number of azo groups is 1. The lowest BCUT2D eigenvalue weighted by molar-refractivity contribution is -0.132. The van der Waals surface area contributed by atoms with Crippen molar-refractivity contribution in [2.24, 2.45) is 20.2 Å². The molecule has 0 aliphatic carbocycles. The number of amidine groups is 2. The maximum absolute atomic E-state index is 9.25. The van der Waals surface area contributed by atoms with Crippen LogP contribution in [0.2, 0.25) is 0 Å². The van der Waals surface area contributed by atoms with Crippen LogP contribution in [0.25, 0.3) is 0 Å². The van der Waals surface area contributed by atoms with Crippen LogP contribution in [0.4, 0.5) is 0 Å². The maximum Gasteiger partial charge on any atom is 0.327 e. The first-order valence-electron chi connectivity index (χ1n) is 10.8. The highest BCUT2D eigenvalue weighted by atomic mass is 16.4. The van der Waals surface area contributed by atoms with Crippen LogP contribution in [0, 0.1) is 0 Å². The Morgan fingerprint density at radius 3 is 1.38 bits per heavy atom. The van der Waals surface area contributed by atoms with Gasteiger partial charge in [0.1, 0.15) is 22.7 Å². The van der Waals surface area contributed by atoms with E-state index >= 15 is 0 Å². The number of aliphatic hydroxyl groups is 2. The molecule has 12 heteroatoms. The first-order chi connectivity index (χ1) is 15.9. The monoisotopic (exact) mass is 482 g/mol. The zero-order valence-corrected chi connectivity index (χ0v) is 20.5. The Hall–Kier alpha value is -3.12. The van der Waals surface area contributed by atoms with E-state index in [1.165, 1.54) is 0 Å². The van der Waals surface area contributed by atoms with Crippen LogP contribution in [-0.4, -0.2) is 117 Å². The van der Waals surface area contributed by atoms with Crippen molar-refractivity contribution in [2.75, 3.05) is 52.5 Å². The predicted molar refractivity (Wildman–Crippen MR) is 131 cm³/mol. The van der Waals surface area contributed by atoms with E-state index in [2.05, 4.69) is 43.2 Å². The van der Waals surface area contributed by atoms with Crippen molar-refractivity contribution in [3.8, 4) is 0 Å². The van der Waals surface area contributed by atoms with Gasteiger partial charge in [0, 0.05) is 38.3 Å². The highest BCUT2D eigenvalue weighted by molar-refractivity contribution is 5.93. The molecule has 34 heavy (non-hydrogen) atoms. The van der Waals surface area contributed by atoms with Gasteiger partial charge in [0.15, 0.2) is 0 Å². The Morgan fingerprint density at radius 1 is 0.853 bits per heavy atom. The Balaban J connectivity index is 0.000000916. The van der Waals surface area contributed by atoms with Gasteiger partial charge in [0.25, 0.3) is 0 Å². The number of nitrogens with zero attached hydrogens (tertiary/aromatic N) is 6. The molecule has 0 bridgehead atoms. The topological polar surface area (TPSA) is 171 Å². The van der Waals surface area contributed by atoms with Crippen LogP contribution < -0.4 is 0 Å². The molecule has 0 amide bonds. The summed E-state index contributed by atoms with van der Waals surface area (Å²) in [5.41, 5.74) is -1.10. The fraction of sp³-hybridized carbons (Fsp3) is 0.636. The van der Waals surface area contributed by atoms with Gasteiger partial charge in [-0.3, -0.25) is 9.98 Å². The fourth-order valence-corrected chi connectivity index (χ4v) is 3.14. The lowest BCUT2D eigenvalue weighted by Gasteiger charge is -2.31. The molecule has 0 saturated carbocycles. The molecule has 2 aliphatic rings. The molecule has 2 heterocycles. The summed E-state index contributed by atoms with van der Waals surface area (Å²) >= 11 is 0. The molecule has 0 aromatic rings. The van der Waals surface area contributed by atoms with Crippen molar-refractivity contribution in [2.45, 2.75) is 38.8 Å². The molecule has 2 aliphatic heterocycles. The summed E-state index contributed by atoms with van der Waals surface area (Å²) in [5, 5.41) is 42.8.